The average molecular weight is 359 g/mol. The van der Waals surface area contributed by atoms with E-state index in [9.17, 15) is 9.18 Å². The number of carbonyl (C=O) groups excluding carboxylic acids is 1. The summed E-state index contributed by atoms with van der Waals surface area (Å²) in [6.07, 6.45) is 6.04. The average Bonchev–Trinajstić information content (AvgIpc) is 2.91. The Balaban J connectivity index is 1.93. The third-order valence-corrected chi connectivity index (χ3v) is 5.49. The first-order chi connectivity index (χ1) is 12.1. The molecule has 1 fully saturated rings. The van der Waals surface area contributed by atoms with Gasteiger partial charge in [-0.25, -0.2) is 4.39 Å². The highest BCUT2D eigenvalue weighted by Crippen LogP contribution is 2.48. The van der Waals surface area contributed by atoms with Crippen molar-refractivity contribution in [2.24, 2.45) is 23.2 Å². The predicted octanol–water partition coefficient (Wildman–Crippen LogP) is 4.77. The molecule has 1 aromatic carbocycles. The zero-order chi connectivity index (χ0) is 19.1. The molecule has 0 amide bonds. The summed E-state index contributed by atoms with van der Waals surface area (Å²) in [5.41, 5.74) is 1.44. The first kappa shape index (κ1) is 19.1. The SMILES string of the molecule is CN(C)C[C@@H]1C(c2cc(F)cc(OC(=O)C(C)(C)C)c2)=CC2CC[C@H]1C2. The summed E-state index contributed by atoms with van der Waals surface area (Å²) in [5.74, 6) is 1.24. The van der Waals surface area contributed by atoms with Gasteiger partial charge < -0.3 is 9.64 Å². The molecule has 2 aliphatic carbocycles. The smallest absolute Gasteiger partial charge is 0.316 e. The second-order valence-corrected chi connectivity index (χ2v) is 9.14. The molecule has 2 bridgehead atoms. The number of benzene rings is 1. The highest BCUT2D eigenvalue weighted by atomic mass is 19.1. The van der Waals surface area contributed by atoms with E-state index in [-0.39, 0.29) is 11.8 Å². The molecule has 3 rings (SSSR count). The van der Waals surface area contributed by atoms with Crippen molar-refractivity contribution in [2.75, 3.05) is 20.6 Å². The predicted molar refractivity (Wildman–Crippen MR) is 102 cm³/mol. The molecule has 142 valence electrons. The number of fused-ring (bicyclic) bond motifs is 2. The van der Waals surface area contributed by atoms with E-state index in [2.05, 4.69) is 25.1 Å². The summed E-state index contributed by atoms with van der Waals surface area (Å²) >= 11 is 0. The fraction of sp³-hybridized carbons (Fsp3) is 0.591. The molecular formula is C22H30FNO2. The highest BCUT2D eigenvalue weighted by Gasteiger charge is 2.37. The molecule has 1 aromatic rings. The number of ether oxygens (including phenoxy) is 1. The molecule has 4 heteroatoms. The van der Waals surface area contributed by atoms with Crippen LogP contribution >= 0.6 is 0 Å². The zero-order valence-corrected chi connectivity index (χ0v) is 16.5. The lowest BCUT2D eigenvalue weighted by atomic mass is 9.76. The van der Waals surface area contributed by atoms with Gasteiger partial charge in [0.2, 0.25) is 0 Å². The van der Waals surface area contributed by atoms with Crippen molar-refractivity contribution in [1.29, 1.82) is 0 Å². The molecular weight excluding hydrogens is 329 g/mol. The first-order valence-corrected chi connectivity index (χ1v) is 9.53. The van der Waals surface area contributed by atoms with E-state index in [1.807, 2.05) is 6.07 Å². The summed E-state index contributed by atoms with van der Waals surface area (Å²) < 4.78 is 19.8. The van der Waals surface area contributed by atoms with E-state index in [1.165, 1.54) is 30.9 Å². The Kier molecular flexibility index (Phi) is 5.25. The van der Waals surface area contributed by atoms with Gasteiger partial charge in [-0.1, -0.05) is 6.08 Å². The second kappa shape index (κ2) is 7.15. The topological polar surface area (TPSA) is 29.5 Å². The third-order valence-electron chi connectivity index (χ3n) is 5.49. The maximum Gasteiger partial charge on any atom is 0.316 e. The van der Waals surface area contributed by atoms with E-state index >= 15 is 0 Å². The number of nitrogens with zero attached hydrogens (tertiary/aromatic N) is 1. The van der Waals surface area contributed by atoms with Crippen LogP contribution in [0.4, 0.5) is 4.39 Å². The van der Waals surface area contributed by atoms with E-state index in [0.717, 1.165) is 12.1 Å². The Bertz CT molecular complexity index is 717. The van der Waals surface area contributed by atoms with Crippen molar-refractivity contribution < 1.29 is 13.9 Å². The van der Waals surface area contributed by atoms with Gasteiger partial charge in [-0.15, -0.1) is 0 Å². The highest BCUT2D eigenvalue weighted by molar-refractivity contribution is 5.78. The van der Waals surface area contributed by atoms with E-state index in [4.69, 9.17) is 4.74 Å². The van der Waals surface area contributed by atoms with Crippen LogP contribution in [0.5, 0.6) is 5.75 Å². The minimum atomic E-state index is -0.622. The molecule has 0 spiro atoms. The van der Waals surface area contributed by atoms with Gasteiger partial charge in [0.15, 0.2) is 0 Å². The molecule has 1 unspecified atom stereocenters. The molecule has 1 saturated carbocycles. The molecule has 0 heterocycles. The van der Waals surface area contributed by atoms with Crippen molar-refractivity contribution in [1.82, 2.24) is 4.90 Å². The minimum Gasteiger partial charge on any atom is -0.426 e. The number of hydrogen-bond acceptors (Lipinski definition) is 3. The molecule has 0 radical (unpaired) electrons. The number of allylic oxidation sites excluding steroid dienone is 1. The Morgan fingerprint density at radius 3 is 2.62 bits per heavy atom. The first-order valence-electron chi connectivity index (χ1n) is 9.53. The molecule has 0 saturated heterocycles. The van der Waals surface area contributed by atoms with Gasteiger partial charge >= 0.3 is 5.97 Å². The monoisotopic (exact) mass is 359 g/mol. The van der Waals surface area contributed by atoms with Crippen LogP contribution in [0.15, 0.2) is 24.3 Å². The van der Waals surface area contributed by atoms with Crippen LogP contribution in [-0.4, -0.2) is 31.5 Å². The lowest BCUT2D eigenvalue weighted by molar-refractivity contribution is -0.143. The van der Waals surface area contributed by atoms with E-state index in [0.29, 0.717) is 23.5 Å². The van der Waals surface area contributed by atoms with Gasteiger partial charge in [0.1, 0.15) is 11.6 Å². The van der Waals surface area contributed by atoms with Crippen LogP contribution in [0.3, 0.4) is 0 Å². The van der Waals surface area contributed by atoms with Crippen LogP contribution in [-0.2, 0) is 4.79 Å². The van der Waals surface area contributed by atoms with Crippen molar-refractivity contribution in [3.8, 4) is 5.75 Å². The quantitative estimate of drug-likeness (QED) is 0.573. The van der Waals surface area contributed by atoms with Crippen LogP contribution in [0.1, 0.15) is 45.6 Å². The molecule has 3 nitrogen and oxygen atoms in total. The zero-order valence-electron chi connectivity index (χ0n) is 16.5. The third kappa shape index (κ3) is 4.17. The Hall–Kier alpha value is -1.68. The van der Waals surface area contributed by atoms with Crippen LogP contribution in [0.25, 0.3) is 5.57 Å². The number of halogens is 1. The van der Waals surface area contributed by atoms with Crippen LogP contribution in [0.2, 0.25) is 0 Å². The van der Waals surface area contributed by atoms with E-state index < -0.39 is 5.41 Å². The lowest BCUT2D eigenvalue weighted by Crippen LogP contribution is -2.29. The largest absolute Gasteiger partial charge is 0.426 e. The Labute approximate surface area is 156 Å². The molecule has 0 N–H and O–H groups in total. The van der Waals surface area contributed by atoms with E-state index in [1.54, 1.807) is 26.8 Å². The standard InChI is InChI=1S/C22H30FNO2/c1-22(2,3)21(25)26-18-11-16(10-17(23)12-18)19-9-14-6-7-15(8-14)20(19)13-24(4)5/h9-12,14-15,20H,6-8,13H2,1-5H3/t14?,15-,20-/m0/s1. The van der Waals surface area contributed by atoms with Gasteiger partial charge in [-0.2, -0.15) is 0 Å². The molecule has 0 aliphatic heterocycles. The lowest BCUT2D eigenvalue weighted by Gasteiger charge is -2.33. The summed E-state index contributed by atoms with van der Waals surface area (Å²) in [5, 5.41) is 0. The summed E-state index contributed by atoms with van der Waals surface area (Å²) in [7, 11) is 4.17. The van der Waals surface area contributed by atoms with Crippen LogP contribution < -0.4 is 4.74 Å². The fourth-order valence-corrected chi connectivity index (χ4v) is 4.20. The fourth-order valence-electron chi connectivity index (χ4n) is 4.20. The molecule has 0 aromatic heterocycles. The number of rotatable bonds is 4. The summed E-state index contributed by atoms with van der Waals surface area (Å²) in [6.45, 7) is 6.34. The second-order valence-electron chi connectivity index (χ2n) is 9.14. The van der Waals surface area contributed by atoms with Crippen LogP contribution in [0, 0.1) is 29.0 Å². The summed E-state index contributed by atoms with van der Waals surface area (Å²) in [4.78, 5) is 14.4. The van der Waals surface area contributed by atoms with Gasteiger partial charge in [0.05, 0.1) is 5.41 Å². The Morgan fingerprint density at radius 1 is 1.23 bits per heavy atom. The molecule has 2 aliphatic rings. The minimum absolute atomic E-state index is 0.294. The van der Waals surface area contributed by atoms with Gasteiger partial charge in [-0.05, 0) is 95.2 Å². The molecule has 26 heavy (non-hydrogen) atoms. The van der Waals surface area contributed by atoms with Crippen molar-refractivity contribution in [3.05, 3.63) is 35.7 Å². The number of carbonyl (C=O) groups is 1. The maximum atomic E-state index is 14.3. The van der Waals surface area contributed by atoms with Gasteiger partial charge in [-0.3, -0.25) is 4.79 Å². The number of esters is 1. The van der Waals surface area contributed by atoms with Gasteiger partial charge in [0.25, 0.3) is 0 Å². The normalized spacial score (nSPS) is 25.3. The Morgan fingerprint density at radius 2 is 1.96 bits per heavy atom. The van der Waals surface area contributed by atoms with Gasteiger partial charge in [0, 0.05) is 12.6 Å². The van der Waals surface area contributed by atoms with Crippen molar-refractivity contribution >= 4 is 11.5 Å². The van der Waals surface area contributed by atoms with Crippen molar-refractivity contribution in [3.63, 3.8) is 0 Å². The number of hydrogen-bond donors (Lipinski definition) is 0. The summed E-state index contributed by atoms with van der Waals surface area (Å²) in [6, 6.07) is 4.70. The van der Waals surface area contributed by atoms with Crippen molar-refractivity contribution in [2.45, 2.75) is 40.0 Å². The maximum absolute atomic E-state index is 14.3. The molecule has 3 atom stereocenters.